The molecule has 2 atom stereocenters. The number of amides is 2. The predicted molar refractivity (Wildman–Crippen MR) is 127 cm³/mol. The summed E-state index contributed by atoms with van der Waals surface area (Å²) >= 11 is 1.34. The number of nitrogens with one attached hydrogen (secondary N) is 2. The molecule has 5 nitrogen and oxygen atoms in total. The van der Waals surface area contributed by atoms with Gasteiger partial charge in [-0.15, -0.1) is 11.8 Å². The normalized spacial score (nSPS) is 13.0. The van der Waals surface area contributed by atoms with Gasteiger partial charge in [0.2, 0.25) is 11.8 Å². The number of hydrogen-bond donors (Lipinski definition) is 2. The molecule has 2 N–H and O–H groups in total. The number of rotatable bonds is 10. The van der Waals surface area contributed by atoms with Crippen LogP contribution in [0.1, 0.15) is 36.6 Å². The van der Waals surface area contributed by atoms with E-state index in [1.54, 1.807) is 0 Å². The first kappa shape index (κ1) is 24.0. The fourth-order valence-corrected chi connectivity index (χ4v) is 3.73. The fourth-order valence-electron chi connectivity index (χ4n) is 3.03. The van der Waals surface area contributed by atoms with Crippen molar-refractivity contribution in [1.82, 2.24) is 10.2 Å². The molecule has 0 radical (unpaired) electrons. The third-order valence-corrected chi connectivity index (χ3v) is 6.18. The zero-order chi connectivity index (χ0) is 22.1. The second-order valence-electron chi connectivity index (χ2n) is 7.69. The van der Waals surface area contributed by atoms with Gasteiger partial charge in [0.1, 0.15) is 0 Å². The van der Waals surface area contributed by atoms with E-state index in [0.717, 1.165) is 17.7 Å². The molecule has 162 valence electrons. The zero-order valence-corrected chi connectivity index (χ0v) is 19.4. The third-order valence-electron chi connectivity index (χ3n) is 5.03. The average Bonchev–Trinajstić information content (AvgIpc) is 2.73. The molecule has 0 aliphatic carbocycles. The quantitative estimate of drug-likeness (QED) is 0.601. The van der Waals surface area contributed by atoms with Crippen molar-refractivity contribution in [2.45, 2.75) is 38.5 Å². The van der Waals surface area contributed by atoms with Crippen molar-refractivity contribution < 1.29 is 9.59 Å². The Morgan fingerprint density at radius 1 is 1.03 bits per heavy atom. The number of hydrogen-bond acceptors (Lipinski definition) is 4. The molecule has 0 spiro atoms. The molecule has 2 rings (SSSR count). The lowest BCUT2D eigenvalue weighted by Gasteiger charge is -2.26. The number of anilines is 1. The Bertz CT molecular complexity index is 819. The highest BCUT2D eigenvalue weighted by Crippen LogP contribution is 2.19. The van der Waals surface area contributed by atoms with Crippen LogP contribution in [0.5, 0.6) is 0 Å². The summed E-state index contributed by atoms with van der Waals surface area (Å²) in [6, 6.07) is 16.3. The SMILES string of the molecule is CCc1ccc(C(CNC(=O)C(C)SCC(=O)Nc2ccc(C)cc2)N(C)C)cc1. The van der Waals surface area contributed by atoms with Gasteiger partial charge in [0, 0.05) is 12.2 Å². The van der Waals surface area contributed by atoms with Gasteiger partial charge >= 0.3 is 0 Å². The van der Waals surface area contributed by atoms with E-state index in [1.807, 2.05) is 52.2 Å². The highest BCUT2D eigenvalue weighted by atomic mass is 32.2. The summed E-state index contributed by atoms with van der Waals surface area (Å²) in [5.74, 6) is 0.0729. The van der Waals surface area contributed by atoms with E-state index < -0.39 is 0 Å². The van der Waals surface area contributed by atoms with Crippen LogP contribution in [-0.4, -0.2) is 48.4 Å². The predicted octanol–water partition coefficient (Wildman–Crippen LogP) is 4.04. The summed E-state index contributed by atoms with van der Waals surface area (Å²) in [6.45, 7) is 6.50. The number of thioether (sulfide) groups is 1. The van der Waals surface area contributed by atoms with Crippen molar-refractivity contribution in [2.75, 3.05) is 31.7 Å². The van der Waals surface area contributed by atoms with Crippen LogP contribution < -0.4 is 10.6 Å². The van der Waals surface area contributed by atoms with Gasteiger partial charge in [0.15, 0.2) is 0 Å². The molecule has 0 aliphatic rings. The maximum absolute atomic E-state index is 12.5. The van der Waals surface area contributed by atoms with Crippen LogP contribution in [-0.2, 0) is 16.0 Å². The minimum atomic E-state index is -0.306. The van der Waals surface area contributed by atoms with E-state index in [9.17, 15) is 9.59 Å². The van der Waals surface area contributed by atoms with E-state index in [2.05, 4.69) is 46.7 Å². The molecular formula is C24H33N3O2S. The van der Waals surface area contributed by atoms with E-state index >= 15 is 0 Å². The summed E-state index contributed by atoms with van der Waals surface area (Å²) in [5.41, 5.74) is 4.39. The Morgan fingerprint density at radius 2 is 1.67 bits per heavy atom. The molecule has 2 unspecified atom stereocenters. The lowest BCUT2D eigenvalue weighted by Crippen LogP contribution is -2.38. The minimum Gasteiger partial charge on any atom is -0.353 e. The molecule has 0 saturated carbocycles. The van der Waals surface area contributed by atoms with Gasteiger partial charge in [-0.05, 0) is 57.6 Å². The van der Waals surface area contributed by atoms with Gasteiger partial charge in [-0.1, -0.05) is 48.9 Å². The Morgan fingerprint density at radius 3 is 2.23 bits per heavy atom. The second-order valence-corrected chi connectivity index (χ2v) is 9.02. The lowest BCUT2D eigenvalue weighted by atomic mass is 10.0. The van der Waals surface area contributed by atoms with Crippen molar-refractivity contribution in [2.24, 2.45) is 0 Å². The average molecular weight is 428 g/mol. The van der Waals surface area contributed by atoms with E-state index in [1.165, 1.54) is 22.9 Å². The largest absolute Gasteiger partial charge is 0.353 e. The standard InChI is InChI=1S/C24H33N3O2S/c1-6-19-9-11-20(12-10-19)22(27(4)5)15-25-24(29)18(3)30-16-23(28)26-21-13-7-17(2)8-14-21/h7-14,18,22H,6,15-16H2,1-5H3,(H,25,29)(H,26,28). The summed E-state index contributed by atoms with van der Waals surface area (Å²) in [4.78, 5) is 26.8. The van der Waals surface area contributed by atoms with E-state index in [-0.39, 0.29) is 28.9 Å². The van der Waals surface area contributed by atoms with Crippen LogP contribution in [0.4, 0.5) is 5.69 Å². The van der Waals surface area contributed by atoms with Crippen molar-refractivity contribution in [3.8, 4) is 0 Å². The molecular weight excluding hydrogens is 394 g/mol. The van der Waals surface area contributed by atoms with E-state index in [0.29, 0.717) is 6.54 Å². The maximum Gasteiger partial charge on any atom is 0.234 e. The van der Waals surface area contributed by atoms with Crippen LogP contribution in [0.2, 0.25) is 0 Å². The lowest BCUT2D eigenvalue weighted by molar-refractivity contribution is -0.120. The number of nitrogens with zero attached hydrogens (tertiary/aromatic N) is 1. The number of likely N-dealkylation sites (N-methyl/N-ethyl adjacent to an activating group) is 1. The highest BCUT2D eigenvalue weighted by molar-refractivity contribution is 8.01. The third kappa shape index (κ3) is 7.50. The minimum absolute atomic E-state index is 0.0554. The Labute approximate surface area is 184 Å². The van der Waals surface area contributed by atoms with Gasteiger partial charge in [-0.2, -0.15) is 0 Å². The number of aryl methyl sites for hydroxylation is 2. The van der Waals surface area contributed by atoms with Crippen LogP contribution in [0, 0.1) is 6.92 Å². The van der Waals surface area contributed by atoms with E-state index in [4.69, 9.17) is 0 Å². The smallest absolute Gasteiger partial charge is 0.234 e. The maximum atomic E-state index is 12.5. The summed E-state index contributed by atoms with van der Waals surface area (Å²) in [5, 5.41) is 5.59. The zero-order valence-electron chi connectivity index (χ0n) is 18.6. The number of carbonyl (C=O) groups excluding carboxylic acids is 2. The first-order valence-corrected chi connectivity index (χ1v) is 11.4. The van der Waals surface area contributed by atoms with Crippen LogP contribution in [0.25, 0.3) is 0 Å². The van der Waals surface area contributed by atoms with Gasteiger partial charge in [-0.25, -0.2) is 0 Å². The number of carbonyl (C=O) groups is 2. The first-order valence-electron chi connectivity index (χ1n) is 10.3. The highest BCUT2D eigenvalue weighted by Gasteiger charge is 2.19. The summed E-state index contributed by atoms with van der Waals surface area (Å²) in [6.07, 6.45) is 1.01. The summed E-state index contributed by atoms with van der Waals surface area (Å²) < 4.78 is 0. The molecule has 0 fully saturated rings. The molecule has 0 aromatic heterocycles. The molecule has 0 heterocycles. The monoisotopic (exact) mass is 427 g/mol. The second kappa shape index (κ2) is 11.8. The molecule has 0 saturated heterocycles. The molecule has 30 heavy (non-hydrogen) atoms. The summed E-state index contributed by atoms with van der Waals surface area (Å²) in [7, 11) is 4.02. The van der Waals surface area contributed by atoms with Crippen LogP contribution >= 0.6 is 11.8 Å². The molecule has 2 aromatic carbocycles. The molecule has 2 amide bonds. The first-order chi connectivity index (χ1) is 14.3. The van der Waals surface area contributed by atoms with Gasteiger partial charge in [0.05, 0.1) is 17.0 Å². The van der Waals surface area contributed by atoms with Crippen molar-refractivity contribution >= 4 is 29.3 Å². The van der Waals surface area contributed by atoms with Crippen LogP contribution in [0.15, 0.2) is 48.5 Å². The van der Waals surface area contributed by atoms with Crippen molar-refractivity contribution in [1.29, 1.82) is 0 Å². The molecule has 0 aliphatic heterocycles. The van der Waals surface area contributed by atoms with Crippen molar-refractivity contribution in [3.63, 3.8) is 0 Å². The molecule has 6 heteroatoms. The fraction of sp³-hybridized carbons (Fsp3) is 0.417. The number of benzene rings is 2. The Balaban J connectivity index is 1.81. The topological polar surface area (TPSA) is 61.4 Å². The van der Waals surface area contributed by atoms with Crippen molar-refractivity contribution in [3.05, 3.63) is 65.2 Å². The Hall–Kier alpha value is -2.31. The van der Waals surface area contributed by atoms with Gasteiger partial charge < -0.3 is 15.5 Å². The molecule has 2 aromatic rings. The van der Waals surface area contributed by atoms with Gasteiger partial charge in [0.25, 0.3) is 0 Å². The van der Waals surface area contributed by atoms with Crippen LogP contribution in [0.3, 0.4) is 0 Å². The Kier molecular flexibility index (Phi) is 9.40. The van der Waals surface area contributed by atoms with Gasteiger partial charge in [-0.3, -0.25) is 9.59 Å². The molecule has 0 bridgehead atoms.